The molecule has 1 fully saturated rings. The first-order chi connectivity index (χ1) is 6.24. The van der Waals surface area contributed by atoms with E-state index in [-0.39, 0.29) is 0 Å². The van der Waals surface area contributed by atoms with Crippen LogP contribution in [0.15, 0.2) is 24.3 Å². The molecule has 0 bridgehead atoms. The number of rotatable bonds is 2. The molecule has 0 spiro atoms. The van der Waals surface area contributed by atoms with Gasteiger partial charge in [0, 0.05) is 5.02 Å². The van der Waals surface area contributed by atoms with E-state index in [1.165, 1.54) is 12.8 Å². The van der Waals surface area contributed by atoms with Crippen LogP contribution in [0.2, 0.25) is 5.02 Å². The fourth-order valence-electron chi connectivity index (χ4n) is 1.66. The van der Waals surface area contributed by atoms with Crippen LogP contribution in [0.5, 0.6) is 5.75 Å². The van der Waals surface area contributed by atoms with E-state index in [0.717, 1.165) is 16.7 Å². The van der Waals surface area contributed by atoms with Crippen LogP contribution in [0.1, 0.15) is 19.8 Å². The molecule has 1 aromatic carbocycles. The van der Waals surface area contributed by atoms with E-state index in [1.54, 1.807) is 0 Å². The standard InChI is InChI=1S/C11H13ClO/c1-8-5-11(6-8)13-10-4-2-3-9(12)7-10/h2-4,7-8,11H,5-6H2,1H3. The molecule has 1 aliphatic carbocycles. The first-order valence-corrected chi connectivity index (χ1v) is 5.04. The number of benzene rings is 1. The van der Waals surface area contributed by atoms with Crippen molar-refractivity contribution in [2.24, 2.45) is 5.92 Å². The lowest BCUT2D eigenvalue weighted by Crippen LogP contribution is -2.31. The second kappa shape index (κ2) is 3.59. The molecule has 2 heteroatoms. The Morgan fingerprint density at radius 3 is 2.77 bits per heavy atom. The van der Waals surface area contributed by atoms with Crippen molar-refractivity contribution in [1.29, 1.82) is 0 Å². The van der Waals surface area contributed by atoms with Crippen molar-refractivity contribution in [2.45, 2.75) is 25.9 Å². The van der Waals surface area contributed by atoms with Gasteiger partial charge < -0.3 is 4.74 Å². The lowest BCUT2D eigenvalue weighted by molar-refractivity contribution is 0.0739. The van der Waals surface area contributed by atoms with Crippen LogP contribution in [0.3, 0.4) is 0 Å². The van der Waals surface area contributed by atoms with Gasteiger partial charge in [-0.3, -0.25) is 0 Å². The van der Waals surface area contributed by atoms with Crippen LogP contribution in [0, 0.1) is 5.92 Å². The van der Waals surface area contributed by atoms with E-state index < -0.39 is 0 Å². The Morgan fingerprint density at radius 1 is 1.38 bits per heavy atom. The van der Waals surface area contributed by atoms with E-state index in [4.69, 9.17) is 16.3 Å². The van der Waals surface area contributed by atoms with Crippen molar-refractivity contribution in [2.75, 3.05) is 0 Å². The molecule has 0 aliphatic heterocycles. The number of ether oxygens (including phenoxy) is 1. The van der Waals surface area contributed by atoms with Crippen LogP contribution < -0.4 is 4.74 Å². The molecule has 13 heavy (non-hydrogen) atoms. The second-order valence-electron chi connectivity index (χ2n) is 3.77. The van der Waals surface area contributed by atoms with Gasteiger partial charge >= 0.3 is 0 Å². The fraction of sp³-hybridized carbons (Fsp3) is 0.455. The van der Waals surface area contributed by atoms with Crippen LogP contribution >= 0.6 is 11.6 Å². The van der Waals surface area contributed by atoms with Gasteiger partial charge in [-0.15, -0.1) is 0 Å². The fourth-order valence-corrected chi connectivity index (χ4v) is 1.84. The zero-order chi connectivity index (χ0) is 9.26. The van der Waals surface area contributed by atoms with Gasteiger partial charge in [-0.05, 0) is 37.0 Å². The third-order valence-electron chi connectivity index (χ3n) is 2.43. The largest absolute Gasteiger partial charge is 0.490 e. The predicted molar refractivity (Wildman–Crippen MR) is 54.3 cm³/mol. The van der Waals surface area contributed by atoms with Gasteiger partial charge in [0.25, 0.3) is 0 Å². The summed E-state index contributed by atoms with van der Waals surface area (Å²) in [5.74, 6) is 1.72. The Morgan fingerprint density at radius 2 is 2.15 bits per heavy atom. The number of hydrogen-bond donors (Lipinski definition) is 0. The summed E-state index contributed by atoms with van der Waals surface area (Å²) < 4.78 is 5.72. The van der Waals surface area contributed by atoms with Gasteiger partial charge in [0.15, 0.2) is 0 Å². The van der Waals surface area contributed by atoms with E-state index in [2.05, 4.69) is 6.92 Å². The summed E-state index contributed by atoms with van der Waals surface area (Å²) in [5, 5.41) is 0.741. The highest BCUT2D eigenvalue weighted by Gasteiger charge is 2.26. The molecule has 1 aromatic rings. The topological polar surface area (TPSA) is 9.23 Å². The Bertz CT molecular complexity index is 292. The number of hydrogen-bond acceptors (Lipinski definition) is 1. The Kier molecular flexibility index (Phi) is 2.45. The van der Waals surface area contributed by atoms with Crippen LogP contribution in [0.4, 0.5) is 0 Å². The molecule has 0 atom stereocenters. The van der Waals surface area contributed by atoms with E-state index >= 15 is 0 Å². The van der Waals surface area contributed by atoms with Gasteiger partial charge in [0.05, 0.1) is 6.10 Å². The molecule has 1 saturated carbocycles. The molecule has 1 nitrogen and oxygen atoms in total. The lowest BCUT2D eigenvalue weighted by Gasteiger charge is -2.32. The van der Waals surface area contributed by atoms with Crippen LogP contribution in [-0.2, 0) is 0 Å². The average molecular weight is 197 g/mol. The molecule has 0 saturated heterocycles. The van der Waals surface area contributed by atoms with E-state index in [1.807, 2.05) is 24.3 Å². The smallest absolute Gasteiger partial charge is 0.121 e. The molecule has 0 aromatic heterocycles. The average Bonchev–Trinajstić information content (AvgIpc) is 2.01. The molecule has 2 rings (SSSR count). The molecular formula is C11H13ClO. The quantitative estimate of drug-likeness (QED) is 0.704. The molecule has 70 valence electrons. The summed E-state index contributed by atoms with van der Waals surface area (Å²) in [7, 11) is 0. The van der Waals surface area contributed by atoms with Crippen LogP contribution in [-0.4, -0.2) is 6.10 Å². The zero-order valence-corrected chi connectivity index (χ0v) is 8.42. The van der Waals surface area contributed by atoms with Gasteiger partial charge in [0.1, 0.15) is 5.75 Å². The molecule has 0 radical (unpaired) electrons. The van der Waals surface area contributed by atoms with Crippen molar-refractivity contribution >= 4 is 11.6 Å². The highest BCUT2D eigenvalue weighted by molar-refractivity contribution is 6.30. The Labute approximate surface area is 83.7 Å². The first kappa shape index (κ1) is 8.89. The highest BCUT2D eigenvalue weighted by atomic mass is 35.5. The maximum Gasteiger partial charge on any atom is 0.121 e. The minimum absolute atomic E-state index is 0.411. The lowest BCUT2D eigenvalue weighted by atomic mass is 9.84. The summed E-state index contributed by atoms with van der Waals surface area (Å²) in [4.78, 5) is 0. The maximum absolute atomic E-state index is 5.84. The predicted octanol–water partition coefficient (Wildman–Crippen LogP) is 3.52. The summed E-state index contributed by atoms with van der Waals surface area (Å²) >= 11 is 5.84. The van der Waals surface area contributed by atoms with Crippen molar-refractivity contribution in [3.8, 4) is 5.75 Å². The molecule has 0 unspecified atom stereocenters. The van der Waals surface area contributed by atoms with Gasteiger partial charge in [-0.1, -0.05) is 24.6 Å². The third kappa shape index (κ3) is 2.16. The number of halogens is 1. The molecule has 1 aliphatic rings. The van der Waals surface area contributed by atoms with E-state index in [9.17, 15) is 0 Å². The monoisotopic (exact) mass is 196 g/mol. The highest BCUT2D eigenvalue weighted by Crippen LogP contribution is 2.31. The van der Waals surface area contributed by atoms with Crippen molar-refractivity contribution < 1.29 is 4.74 Å². The molecule has 0 amide bonds. The minimum atomic E-state index is 0.411. The summed E-state index contributed by atoms with van der Waals surface area (Å²) in [6.45, 7) is 2.25. The summed E-state index contributed by atoms with van der Waals surface area (Å²) in [6, 6.07) is 7.59. The molecular weight excluding hydrogens is 184 g/mol. The van der Waals surface area contributed by atoms with Crippen molar-refractivity contribution in [3.63, 3.8) is 0 Å². The Balaban J connectivity index is 1.94. The van der Waals surface area contributed by atoms with Gasteiger partial charge in [0.2, 0.25) is 0 Å². The maximum atomic E-state index is 5.84. The SMILES string of the molecule is CC1CC(Oc2cccc(Cl)c2)C1. The summed E-state index contributed by atoms with van der Waals surface area (Å²) in [5.41, 5.74) is 0. The zero-order valence-electron chi connectivity index (χ0n) is 7.66. The molecule has 0 heterocycles. The minimum Gasteiger partial charge on any atom is -0.490 e. The molecule has 0 N–H and O–H groups in total. The third-order valence-corrected chi connectivity index (χ3v) is 2.66. The Hall–Kier alpha value is -0.690. The van der Waals surface area contributed by atoms with Gasteiger partial charge in [-0.25, -0.2) is 0 Å². The summed E-state index contributed by atoms with van der Waals surface area (Å²) in [6.07, 6.45) is 2.76. The van der Waals surface area contributed by atoms with Crippen molar-refractivity contribution in [1.82, 2.24) is 0 Å². The second-order valence-corrected chi connectivity index (χ2v) is 4.21. The van der Waals surface area contributed by atoms with Crippen molar-refractivity contribution in [3.05, 3.63) is 29.3 Å². The van der Waals surface area contributed by atoms with Crippen LogP contribution in [0.25, 0.3) is 0 Å². The van der Waals surface area contributed by atoms with E-state index in [0.29, 0.717) is 6.10 Å². The first-order valence-electron chi connectivity index (χ1n) is 4.66. The normalized spacial score (nSPS) is 26.6. The van der Waals surface area contributed by atoms with Gasteiger partial charge in [-0.2, -0.15) is 0 Å².